The first-order valence-electron chi connectivity index (χ1n) is 4.63. The Kier molecular flexibility index (Phi) is 2.74. The standard InChI is InChI=1S/C10H18N3/c1-7(2)10(4,5)8(3)9-6-11-13-12-9/h6,8H,1-5H3,(H,11,12,13). The number of nitrogens with one attached hydrogen (secondary N) is 1. The third-order valence-corrected chi connectivity index (χ3v) is 3.25. The molecule has 73 valence electrons. The minimum Gasteiger partial charge on any atom is -0.265 e. The van der Waals surface area contributed by atoms with E-state index in [0.29, 0.717) is 5.92 Å². The molecule has 1 aromatic heterocycles. The average Bonchev–Trinajstić information content (AvgIpc) is 2.54. The molecule has 1 N–H and O–H groups in total. The monoisotopic (exact) mass is 180 g/mol. The molecule has 1 aromatic rings. The maximum absolute atomic E-state index is 4.05. The SMILES string of the molecule is C[C](C)C(C)(C)C(C)c1c[nH]nn1. The highest BCUT2D eigenvalue weighted by Crippen LogP contribution is 2.41. The number of aromatic amines is 1. The number of nitrogens with zero attached hydrogens (tertiary/aromatic N) is 2. The first kappa shape index (κ1) is 10.2. The van der Waals surface area contributed by atoms with Gasteiger partial charge in [0.25, 0.3) is 0 Å². The summed E-state index contributed by atoms with van der Waals surface area (Å²) in [6, 6.07) is 0. The molecule has 1 unspecified atom stereocenters. The third kappa shape index (κ3) is 1.90. The second kappa shape index (κ2) is 3.48. The van der Waals surface area contributed by atoms with E-state index in [9.17, 15) is 0 Å². The second-order valence-electron chi connectivity index (χ2n) is 4.34. The van der Waals surface area contributed by atoms with Crippen LogP contribution >= 0.6 is 0 Å². The molecule has 1 heterocycles. The first-order valence-corrected chi connectivity index (χ1v) is 4.63. The summed E-state index contributed by atoms with van der Waals surface area (Å²) in [5, 5.41) is 10.5. The Morgan fingerprint density at radius 2 is 2.08 bits per heavy atom. The Balaban J connectivity index is 2.84. The summed E-state index contributed by atoms with van der Waals surface area (Å²) in [6.07, 6.45) is 1.87. The van der Waals surface area contributed by atoms with Crippen molar-refractivity contribution in [3.63, 3.8) is 0 Å². The van der Waals surface area contributed by atoms with E-state index in [1.165, 1.54) is 5.92 Å². The van der Waals surface area contributed by atoms with Crippen LogP contribution in [0, 0.1) is 11.3 Å². The number of aromatic nitrogens is 3. The van der Waals surface area contributed by atoms with Crippen LogP contribution in [-0.2, 0) is 0 Å². The van der Waals surface area contributed by atoms with Crippen molar-refractivity contribution in [1.82, 2.24) is 15.4 Å². The molecule has 0 aliphatic heterocycles. The molecule has 0 aliphatic rings. The van der Waals surface area contributed by atoms with Gasteiger partial charge in [0.2, 0.25) is 0 Å². The fourth-order valence-electron chi connectivity index (χ4n) is 1.22. The van der Waals surface area contributed by atoms with Crippen molar-refractivity contribution in [2.75, 3.05) is 0 Å². The Morgan fingerprint density at radius 1 is 1.46 bits per heavy atom. The van der Waals surface area contributed by atoms with Crippen LogP contribution in [0.5, 0.6) is 0 Å². The molecule has 1 radical (unpaired) electrons. The van der Waals surface area contributed by atoms with Gasteiger partial charge >= 0.3 is 0 Å². The molecule has 0 fully saturated rings. The number of rotatable bonds is 3. The zero-order valence-corrected chi connectivity index (χ0v) is 9.05. The molecular weight excluding hydrogens is 162 g/mol. The smallest absolute Gasteiger partial charge is 0.0858 e. The van der Waals surface area contributed by atoms with Crippen molar-refractivity contribution in [3.05, 3.63) is 17.8 Å². The van der Waals surface area contributed by atoms with Gasteiger partial charge < -0.3 is 0 Å². The molecular formula is C10H18N3. The van der Waals surface area contributed by atoms with Crippen LogP contribution < -0.4 is 0 Å². The maximum Gasteiger partial charge on any atom is 0.0858 e. The highest BCUT2D eigenvalue weighted by atomic mass is 15.3. The summed E-state index contributed by atoms with van der Waals surface area (Å²) in [7, 11) is 0. The summed E-state index contributed by atoms with van der Waals surface area (Å²) in [4.78, 5) is 0. The van der Waals surface area contributed by atoms with E-state index >= 15 is 0 Å². The van der Waals surface area contributed by atoms with Crippen molar-refractivity contribution in [2.45, 2.75) is 40.5 Å². The largest absolute Gasteiger partial charge is 0.265 e. The minimum absolute atomic E-state index is 0.177. The first-order chi connectivity index (χ1) is 5.96. The Morgan fingerprint density at radius 3 is 2.46 bits per heavy atom. The van der Waals surface area contributed by atoms with Crippen molar-refractivity contribution in [3.8, 4) is 0 Å². The molecule has 0 aliphatic carbocycles. The molecule has 3 heteroatoms. The maximum atomic E-state index is 4.05. The molecule has 0 aromatic carbocycles. The van der Waals surface area contributed by atoms with Gasteiger partial charge in [0.05, 0.1) is 5.69 Å². The van der Waals surface area contributed by atoms with Crippen molar-refractivity contribution in [2.24, 2.45) is 5.41 Å². The minimum atomic E-state index is 0.177. The van der Waals surface area contributed by atoms with E-state index in [0.717, 1.165) is 5.69 Å². The molecule has 13 heavy (non-hydrogen) atoms. The molecule has 0 spiro atoms. The summed E-state index contributed by atoms with van der Waals surface area (Å²) >= 11 is 0. The van der Waals surface area contributed by atoms with Gasteiger partial charge in [-0.25, -0.2) is 0 Å². The molecule has 0 saturated heterocycles. The van der Waals surface area contributed by atoms with Crippen LogP contribution in [0.3, 0.4) is 0 Å². The highest BCUT2D eigenvalue weighted by Gasteiger charge is 2.31. The van der Waals surface area contributed by atoms with Crippen LogP contribution in [0.1, 0.15) is 46.2 Å². The van der Waals surface area contributed by atoms with Crippen LogP contribution in [0.25, 0.3) is 0 Å². The van der Waals surface area contributed by atoms with Crippen LogP contribution in [0.4, 0.5) is 0 Å². The van der Waals surface area contributed by atoms with Gasteiger partial charge in [0.1, 0.15) is 0 Å². The van der Waals surface area contributed by atoms with Gasteiger partial charge in [-0.3, -0.25) is 5.10 Å². The highest BCUT2D eigenvalue weighted by molar-refractivity contribution is 5.11. The third-order valence-electron chi connectivity index (χ3n) is 3.25. The average molecular weight is 180 g/mol. The van der Waals surface area contributed by atoms with E-state index in [1.807, 2.05) is 6.20 Å². The van der Waals surface area contributed by atoms with Gasteiger partial charge in [-0.05, 0) is 11.3 Å². The zero-order chi connectivity index (χ0) is 10.1. The predicted octanol–water partition coefficient (Wildman–Crippen LogP) is 2.55. The number of hydrogen-bond acceptors (Lipinski definition) is 2. The molecule has 1 rings (SSSR count). The van der Waals surface area contributed by atoms with Crippen LogP contribution in [0.15, 0.2) is 6.20 Å². The van der Waals surface area contributed by atoms with E-state index in [-0.39, 0.29) is 5.41 Å². The van der Waals surface area contributed by atoms with Gasteiger partial charge in [0.15, 0.2) is 0 Å². The quantitative estimate of drug-likeness (QED) is 0.776. The normalized spacial score (nSPS) is 14.9. The Bertz CT molecular complexity index is 249. The summed E-state index contributed by atoms with van der Waals surface area (Å²) in [6.45, 7) is 11.0. The lowest BCUT2D eigenvalue weighted by Crippen LogP contribution is -2.25. The van der Waals surface area contributed by atoms with E-state index in [2.05, 4.69) is 50.0 Å². The fraction of sp³-hybridized carbons (Fsp3) is 0.700. The lowest BCUT2D eigenvalue weighted by Gasteiger charge is -2.34. The molecule has 0 bridgehead atoms. The zero-order valence-electron chi connectivity index (χ0n) is 9.05. The lowest BCUT2D eigenvalue weighted by atomic mass is 9.70. The number of hydrogen-bond donors (Lipinski definition) is 1. The van der Waals surface area contributed by atoms with Gasteiger partial charge in [-0.2, -0.15) is 0 Å². The molecule has 3 nitrogen and oxygen atoms in total. The van der Waals surface area contributed by atoms with E-state index in [4.69, 9.17) is 0 Å². The second-order valence-corrected chi connectivity index (χ2v) is 4.34. The van der Waals surface area contributed by atoms with Crippen molar-refractivity contribution < 1.29 is 0 Å². The fourth-order valence-corrected chi connectivity index (χ4v) is 1.22. The van der Waals surface area contributed by atoms with Gasteiger partial charge in [-0.1, -0.05) is 39.8 Å². The summed E-state index contributed by atoms with van der Waals surface area (Å²) in [5.74, 6) is 1.82. The Labute approximate surface area is 79.9 Å². The summed E-state index contributed by atoms with van der Waals surface area (Å²) < 4.78 is 0. The molecule has 0 amide bonds. The number of H-pyrrole nitrogens is 1. The molecule has 1 atom stereocenters. The van der Waals surface area contributed by atoms with Crippen LogP contribution in [-0.4, -0.2) is 15.4 Å². The van der Waals surface area contributed by atoms with Gasteiger partial charge in [-0.15, -0.1) is 5.10 Å². The summed E-state index contributed by atoms with van der Waals surface area (Å²) in [5.41, 5.74) is 1.21. The van der Waals surface area contributed by atoms with Gasteiger partial charge in [0, 0.05) is 12.1 Å². The predicted molar refractivity (Wildman–Crippen MR) is 53.2 cm³/mol. The van der Waals surface area contributed by atoms with E-state index < -0.39 is 0 Å². The Hall–Kier alpha value is -0.860. The topological polar surface area (TPSA) is 41.6 Å². The van der Waals surface area contributed by atoms with Crippen molar-refractivity contribution in [1.29, 1.82) is 0 Å². The lowest BCUT2D eigenvalue weighted by molar-refractivity contribution is 0.317. The van der Waals surface area contributed by atoms with Crippen LogP contribution in [0.2, 0.25) is 0 Å². The van der Waals surface area contributed by atoms with E-state index in [1.54, 1.807) is 0 Å². The van der Waals surface area contributed by atoms with Crippen molar-refractivity contribution >= 4 is 0 Å². The molecule has 0 saturated carbocycles.